The van der Waals surface area contributed by atoms with Crippen molar-refractivity contribution >= 4 is 112 Å². The number of benzene rings is 3. The number of ether oxygens (including phenoxy) is 6. The van der Waals surface area contributed by atoms with E-state index < -0.39 is 124 Å². The van der Waals surface area contributed by atoms with Crippen molar-refractivity contribution < 1.29 is 95.3 Å². The highest BCUT2D eigenvalue weighted by Crippen LogP contribution is 2.27. The molecule has 24 nitrogen and oxygen atoms in total. The summed E-state index contributed by atoms with van der Waals surface area (Å²) in [5, 5.41) is 3.92. The second kappa shape index (κ2) is 30.7. The first-order valence-corrected chi connectivity index (χ1v) is 29.4. The Bertz CT molecular complexity index is 2720. The summed E-state index contributed by atoms with van der Waals surface area (Å²) in [6.45, 7) is 8.78. The summed E-state index contributed by atoms with van der Waals surface area (Å²) < 4.78 is 122. The number of hydrogen-bond acceptors (Lipinski definition) is 27. The van der Waals surface area contributed by atoms with Crippen molar-refractivity contribution in [2.24, 2.45) is 15.7 Å². The fourth-order valence-electron chi connectivity index (χ4n) is 5.18. The van der Waals surface area contributed by atoms with E-state index in [0.29, 0.717) is 35.3 Å². The number of hydroxylamine groups is 1. The zero-order chi connectivity index (χ0) is 55.8. The number of esters is 6. The van der Waals surface area contributed by atoms with Crippen LogP contribution in [0.5, 0.6) is 0 Å². The lowest BCUT2D eigenvalue weighted by Gasteiger charge is -2.31. The van der Waals surface area contributed by atoms with Crippen LogP contribution in [0.3, 0.4) is 0 Å². The fraction of sp³-hybridized carbons (Fsp3) is 0.422. The summed E-state index contributed by atoms with van der Waals surface area (Å²) >= 11 is 1.32. The molecule has 0 aromatic heterocycles. The van der Waals surface area contributed by atoms with Crippen LogP contribution in [0.15, 0.2) is 97.8 Å². The van der Waals surface area contributed by atoms with Gasteiger partial charge in [-0.3, -0.25) is 23.0 Å². The molecule has 3 aromatic rings. The molecule has 0 aliphatic carbocycles. The quantitative estimate of drug-likeness (QED) is 0.0261. The van der Waals surface area contributed by atoms with E-state index in [1.54, 1.807) is 27.7 Å². The maximum Gasteiger partial charge on any atom is 0.367 e. The largest absolute Gasteiger partial charge is 0.464 e. The summed E-state index contributed by atoms with van der Waals surface area (Å²) in [4.78, 5) is 77.1. The molecule has 0 fully saturated rings. The summed E-state index contributed by atoms with van der Waals surface area (Å²) in [6, 6.07) is 16.6. The van der Waals surface area contributed by atoms with E-state index in [1.807, 2.05) is 0 Å². The Morgan fingerprint density at radius 1 is 0.507 bits per heavy atom. The van der Waals surface area contributed by atoms with Crippen molar-refractivity contribution in [3.8, 4) is 0 Å². The lowest BCUT2D eigenvalue weighted by molar-refractivity contribution is -0.159. The van der Waals surface area contributed by atoms with Crippen LogP contribution >= 0.6 is 35.3 Å². The Morgan fingerprint density at radius 3 is 1.20 bits per heavy atom. The molecular weight excluding hydrogens is 1110 g/mol. The Hall–Kier alpha value is -5.76. The Kier molecular flexibility index (Phi) is 26.0. The van der Waals surface area contributed by atoms with E-state index >= 15 is 0 Å². The molecule has 75 heavy (non-hydrogen) atoms. The lowest BCUT2D eigenvalue weighted by Crippen LogP contribution is -2.40. The predicted octanol–water partition coefficient (Wildman–Crippen LogP) is 4.50. The van der Waals surface area contributed by atoms with Crippen molar-refractivity contribution in [1.29, 1.82) is 0 Å². The van der Waals surface area contributed by atoms with Crippen LogP contribution in [-0.4, -0.2) is 133 Å². The van der Waals surface area contributed by atoms with Gasteiger partial charge in [-0.1, -0.05) is 93.8 Å². The first-order chi connectivity index (χ1) is 35.4. The fourth-order valence-corrected chi connectivity index (χ4v) is 9.50. The van der Waals surface area contributed by atoms with Crippen molar-refractivity contribution in [3.63, 3.8) is 0 Å². The van der Waals surface area contributed by atoms with Crippen molar-refractivity contribution in [2.45, 2.75) is 74.9 Å². The van der Waals surface area contributed by atoms with Crippen LogP contribution < -0.4 is 5.48 Å². The molecule has 0 spiro atoms. The van der Waals surface area contributed by atoms with Gasteiger partial charge in [0.1, 0.15) is 29.6 Å². The Balaban J connectivity index is 1.81. The standard InChI is InChI=1S/C45H55N3O21S6/c1-8-45(27-64-36(49)24-70-39(42(52)61-9-2)46-67-73(55,56)33-18-12-30(5)13-19-33,28-65-37(50)25-71-40(43(53)62-10-3)47-68-74(57,58)34-20-14-31(6)15-21-34)29-66-38(51)26-72-41(44(54)63-11-4)48-69-75(59,60)35-22-16-32(7)17-23-35/h12-23,39,46H,8-11,24-29H2,1-7H3. The average Bonchev–Trinajstić information content (AvgIpc) is 3.36. The molecule has 1 atom stereocenters. The van der Waals surface area contributed by atoms with E-state index in [4.69, 9.17) is 41.3 Å². The summed E-state index contributed by atoms with van der Waals surface area (Å²) in [5.74, 6) is -8.39. The van der Waals surface area contributed by atoms with Crippen molar-refractivity contribution in [1.82, 2.24) is 5.48 Å². The van der Waals surface area contributed by atoms with Gasteiger partial charge in [-0.2, -0.15) is 35.0 Å². The van der Waals surface area contributed by atoms with Crippen LogP contribution in [0.25, 0.3) is 0 Å². The number of carbonyl (C=O) groups is 6. The van der Waals surface area contributed by atoms with E-state index in [9.17, 15) is 54.0 Å². The minimum Gasteiger partial charge on any atom is -0.464 e. The zero-order valence-corrected chi connectivity index (χ0v) is 46.4. The number of nitrogens with one attached hydrogen (secondary N) is 1. The Labute approximate surface area is 446 Å². The van der Waals surface area contributed by atoms with Gasteiger partial charge in [0.25, 0.3) is 0 Å². The monoisotopic (exact) mass is 1170 g/mol. The maximum absolute atomic E-state index is 13.3. The minimum absolute atomic E-state index is 0.0491. The molecule has 0 radical (unpaired) electrons. The van der Waals surface area contributed by atoms with Crippen LogP contribution in [0.1, 0.15) is 50.8 Å². The number of nitrogens with zero attached hydrogens (tertiary/aromatic N) is 2. The number of carbonyl (C=O) groups excluding carboxylic acids is 6. The molecule has 412 valence electrons. The maximum atomic E-state index is 13.3. The van der Waals surface area contributed by atoms with E-state index in [-0.39, 0.29) is 40.9 Å². The van der Waals surface area contributed by atoms with Gasteiger partial charge in [0.2, 0.25) is 10.1 Å². The first kappa shape index (κ1) is 63.5. The highest BCUT2D eigenvalue weighted by molar-refractivity contribution is 8.16. The summed E-state index contributed by atoms with van der Waals surface area (Å²) in [6.07, 6.45) is -0.0491. The topological polar surface area (TPSA) is 325 Å². The van der Waals surface area contributed by atoms with E-state index in [2.05, 4.69) is 15.8 Å². The van der Waals surface area contributed by atoms with Gasteiger partial charge in [0.05, 0.1) is 47.4 Å². The van der Waals surface area contributed by atoms with Crippen molar-refractivity contribution in [2.75, 3.05) is 56.9 Å². The van der Waals surface area contributed by atoms with Gasteiger partial charge in [0.15, 0.2) is 5.37 Å². The van der Waals surface area contributed by atoms with Crippen LogP contribution in [-0.2, 0) is 100 Å². The third kappa shape index (κ3) is 21.8. The lowest BCUT2D eigenvalue weighted by atomic mass is 9.88. The molecule has 1 N–H and O–H groups in total. The van der Waals surface area contributed by atoms with Gasteiger partial charge in [-0.15, -0.1) is 11.8 Å². The number of oxime groups is 2. The van der Waals surface area contributed by atoms with Crippen LogP contribution in [0, 0.1) is 26.2 Å². The third-order valence-corrected chi connectivity index (χ3v) is 15.6. The molecule has 0 heterocycles. The first-order valence-electron chi connectivity index (χ1n) is 22.2. The molecule has 0 amide bonds. The zero-order valence-electron chi connectivity index (χ0n) is 41.5. The molecular formula is C45H55N3O21S6. The molecule has 0 aliphatic heterocycles. The van der Waals surface area contributed by atoms with E-state index in [0.717, 1.165) is 16.7 Å². The molecule has 0 aliphatic rings. The second-order valence-electron chi connectivity index (χ2n) is 15.2. The predicted molar refractivity (Wildman–Crippen MR) is 273 cm³/mol. The highest BCUT2D eigenvalue weighted by atomic mass is 32.2. The summed E-state index contributed by atoms with van der Waals surface area (Å²) in [5.41, 5.74) is 2.81. The van der Waals surface area contributed by atoms with E-state index in [1.165, 1.54) is 93.6 Å². The number of rotatable bonds is 28. The molecule has 1 unspecified atom stereocenters. The molecule has 0 bridgehead atoms. The molecule has 0 saturated carbocycles. The minimum atomic E-state index is -4.52. The summed E-state index contributed by atoms with van der Waals surface area (Å²) in [7, 11) is -13.5. The molecule has 3 rings (SSSR count). The van der Waals surface area contributed by atoms with Crippen LogP contribution in [0.4, 0.5) is 0 Å². The average molecular weight is 1170 g/mol. The smallest absolute Gasteiger partial charge is 0.367 e. The molecule has 30 heteroatoms. The molecule has 3 aromatic carbocycles. The van der Waals surface area contributed by atoms with Gasteiger partial charge in [-0.05, 0) is 84.4 Å². The number of aryl methyl sites for hydroxylation is 3. The van der Waals surface area contributed by atoms with Gasteiger partial charge >= 0.3 is 66.2 Å². The van der Waals surface area contributed by atoms with Crippen LogP contribution in [0.2, 0.25) is 0 Å². The third-order valence-electron chi connectivity index (χ3n) is 9.42. The number of thioether (sulfide) groups is 3. The van der Waals surface area contributed by atoms with Crippen molar-refractivity contribution in [3.05, 3.63) is 89.5 Å². The molecule has 0 saturated heterocycles. The normalized spacial score (nSPS) is 13.3. The Morgan fingerprint density at radius 2 is 0.853 bits per heavy atom. The highest BCUT2D eigenvalue weighted by Gasteiger charge is 2.36. The van der Waals surface area contributed by atoms with Gasteiger partial charge < -0.3 is 28.4 Å². The second-order valence-corrected chi connectivity index (χ2v) is 22.9. The van der Waals surface area contributed by atoms with Gasteiger partial charge in [0, 0.05) is 0 Å². The number of hydrogen-bond donors (Lipinski definition) is 1. The van der Waals surface area contributed by atoms with Gasteiger partial charge in [-0.25, -0.2) is 14.4 Å². The SMILES string of the molecule is CCOC(=O)C(=NOS(=O)(=O)c1ccc(C)cc1)SCC(=O)OCC(CC)(COC(=O)CSC(=NOS(=O)(=O)c1ccc(C)cc1)C(=O)OCC)COC(=O)CSC(NOS(=O)(=O)c1ccc(C)cc1)C(=O)OCC.